The number of hydrogen-bond acceptors (Lipinski definition) is 4. The largest absolute Gasteiger partial charge is 0.481 e. The molecular weight excluding hydrogens is 389 g/mol. The number of nitrogens with zero attached hydrogens (tertiary/aromatic N) is 2. The molecule has 3 aliphatic rings. The number of anilines is 1. The first-order chi connectivity index (χ1) is 12.4. The van der Waals surface area contributed by atoms with E-state index in [4.69, 9.17) is 16.3 Å². The lowest BCUT2D eigenvalue weighted by molar-refractivity contribution is -0.121. The summed E-state index contributed by atoms with van der Waals surface area (Å²) in [6, 6.07) is 4.52. The molecule has 0 radical (unpaired) electrons. The van der Waals surface area contributed by atoms with Gasteiger partial charge in [-0.2, -0.15) is 0 Å². The third kappa shape index (κ3) is 3.75. The number of halogens is 2. The first-order valence-corrected chi connectivity index (χ1v) is 9.57. The second-order valence-electron chi connectivity index (χ2n) is 7.59. The monoisotopic (exact) mass is 413 g/mol. The number of ether oxygens (including phenoxy) is 1. The van der Waals surface area contributed by atoms with Gasteiger partial charge in [0.25, 0.3) is 11.8 Å². The molecule has 1 N–H and O–H groups in total. The van der Waals surface area contributed by atoms with E-state index in [1.807, 2.05) is 0 Å². The molecule has 1 aromatic rings. The fourth-order valence-electron chi connectivity index (χ4n) is 4.51. The second kappa shape index (κ2) is 7.86. The lowest BCUT2D eigenvalue weighted by Crippen LogP contribution is -2.55. The molecule has 0 aromatic heterocycles. The molecule has 3 aliphatic heterocycles. The lowest BCUT2D eigenvalue weighted by atomic mass is 9.82. The highest BCUT2D eigenvalue weighted by Crippen LogP contribution is 2.38. The third-order valence-corrected chi connectivity index (χ3v) is 6.25. The molecule has 2 unspecified atom stereocenters. The Morgan fingerprint density at radius 3 is 2.56 bits per heavy atom. The molecule has 4 rings (SSSR count). The van der Waals surface area contributed by atoms with Crippen molar-refractivity contribution >= 4 is 41.5 Å². The van der Waals surface area contributed by atoms with E-state index in [2.05, 4.69) is 17.3 Å². The van der Waals surface area contributed by atoms with Crippen molar-refractivity contribution in [3.8, 4) is 5.75 Å². The lowest BCUT2D eigenvalue weighted by Gasteiger charge is -2.47. The summed E-state index contributed by atoms with van der Waals surface area (Å²) in [6.45, 7) is -0.0657. The molecule has 6 nitrogen and oxygen atoms in total. The van der Waals surface area contributed by atoms with E-state index < -0.39 is 0 Å². The van der Waals surface area contributed by atoms with Gasteiger partial charge in [0.2, 0.25) is 0 Å². The molecule has 2 atom stereocenters. The van der Waals surface area contributed by atoms with Crippen LogP contribution in [0, 0.1) is 0 Å². The molecule has 27 heavy (non-hydrogen) atoms. The van der Waals surface area contributed by atoms with Crippen LogP contribution in [-0.4, -0.2) is 55.5 Å². The number of amides is 2. The maximum Gasteiger partial charge on any atom is 0.264 e. The van der Waals surface area contributed by atoms with Gasteiger partial charge in [0, 0.05) is 30.2 Å². The molecule has 2 amide bonds. The van der Waals surface area contributed by atoms with Crippen molar-refractivity contribution in [2.24, 2.45) is 0 Å². The number of likely N-dealkylation sites (N-methyl/N-ethyl adjacent to an activating group) is 1. The minimum atomic E-state index is -0.181. The zero-order chi connectivity index (χ0) is 18.4. The number of benzene rings is 1. The van der Waals surface area contributed by atoms with Crippen molar-refractivity contribution in [2.75, 3.05) is 25.6 Å². The molecule has 1 aromatic carbocycles. The Hall–Kier alpha value is -1.50. The van der Waals surface area contributed by atoms with Gasteiger partial charge < -0.3 is 19.9 Å². The first-order valence-electron chi connectivity index (χ1n) is 9.19. The predicted octanol–water partition coefficient (Wildman–Crippen LogP) is 2.86. The normalized spacial score (nSPS) is 27.3. The van der Waals surface area contributed by atoms with E-state index in [0.29, 0.717) is 34.1 Å². The van der Waals surface area contributed by atoms with Crippen LogP contribution in [0.1, 0.15) is 42.5 Å². The van der Waals surface area contributed by atoms with Crippen molar-refractivity contribution < 1.29 is 14.3 Å². The van der Waals surface area contributed by atoms with Crippen LogP contribution >= 0.6 is 24.0 Å². The van der Waals surface area contributed by atoms with E-state index in [9.17, 15) is 9.59 Å². The summed E-state index contributed by atoms with van der Waals surface area (Å²) in [5.41, 5.74) is 0.940. The molecule has 8 heteroatoms. The number of piperidine rings is 2. The molecule has 148 valence electrons. The average molecular weight is 414 g/mol. The molecule has 0 aliphatic carbocycles. The fourth-order valence-corrected chi connectivity index (χ4v) is 4.72. The van der Waals surface area contributed by atoms with Crippen LogP contribution in [0.5, 0.6) is 5.75 Å². The van der Waals surface area contributed by atoms with Crippen LogP contribution in [0.15, 0.2) is 12.1 Å². The van der Waals surface area contributed by atoms with Gasteiger partial charge in [0.15, 0.2) is 12.4 Å². The summed E-state index contributed by atoms with van der Waals surface area (Å²) in [6.07, 6.45) is 5.61. The van der Waals surface area contributed by atoms with Crippen molar-refractivity contribution in [2.45, 2.75) is 50.2 Å². The van der Waals surface area contributed by atoms with Gasteiger partial charge in [-0.05, 0) is 44.9 Å². The minimum absolute atomic E-state index is 0. The number of carbonyl (C=O) groups is 2. The quantitative estimate of drug-likeness (QED) is 0.809. The van der Waals surface area contributed by atoms with Crippen LogP contribution in [0.4, 0.5) is 5.69 Å². The number of nitrogens with one attached hydrogen (secondary N) is 1. The third-order valence-electron chi connectivity index (χ3n) is 6.03. The van der Waals surface area contributed by atoms with Crippen LogP contribution in [0.25, 0.3) is 0 Å². The SMILES string of the molecule is CN1C(=O)COc2c(C(=O)NC3CC4CCCC(C3)N4C)cc(Cl)cc21.Cl. The van der Waals surface area contributed by atoms with Crippen molar-refractivity contribution in [1.29, 1.82) is 0 Å². The first kappa shape index (κ1) is 20.2. The maximum absolute atomic E-state index is 13.0. The standard InChI is InChI=1S/C19H24ClN3O3.ClH/c1-22-13-4-3-5-14(22)9-12(8-13)21-19(25)15-6-11(20)7-16-18(15)26-10-17(24)23(16)2;/h6-7,12-14H,3-5,8-10H2,1-2H3,(H,21,25);1H. The van der Waals surface area contributed by atoms with Gasteiger partial charge in [-0.3, -0.25) is 9.59 Å². The Balaban J connectivity index is 0.00000210. The predicted molar refractivity (Wildman–Crippen MR) is 107 cm³/mol. The molecule has 0 saturated carbocycles. The van der Waals surface area contributed by atoms with E-state index in [1.54, 1.807) is 19.2 Å². The zero-order valence-corrected chi connectivity index (χ0v) is 17.1. The fraction of sp³-hybridized carbons (Fsp3) is 0.579. The number of fused-ring (bicyclic) bond motifs is 3. The smallest absolute Gasteiger partial charge is 0.264 e. The molecule has 0 spiro atoms. The summed E-state index contributed by atoms with van der Waals surface area (Å²) in [4.78, 5) is 28.8. The zero-order valence-electron chi connectivity index (χ0n) is 15.5. The molecular formula is C19H25Cl2N3O3. The Kier molecular flexibility index (Phi) is 5.89. The van der Waals surface area contributed by atoms with Crippen LogP contribution < -0.4 is 15.0 Å². The Bertz CT molecular complexity index is 744. The Morgan fingerprint density at radius 1 is 1.22 bits per heavy atom. The summed E-state index contributed by atoms with van der Waals surface area (Å²) < 4.78 is 5.58. The van der Waals surface area contributed by atoms with E-state index >= 15 is 0 Å². The topological polar surface area (TPSA) is 61.9 Å². The van der Waals surface area contributed by atoms with Gasteiger partial charge in [0.1, 0.15) is 0 Å². The van der Waals surface area contributed by atoms with E-state index in [-0.39, 0.29) is 36.9 Å². The Morgan fingerprint density at radius 2 is 1.89 bits per heavy atom. The summed E-state index contributed by atoms with van der Waals surface area (Å²) in [5.74, 6) is 0.0931. The maximum atomic E-state index is 13.0. The van der Waals surface area contributed by atoms with E-state index in [1.165, 1.54) is 24.2 Å². The summed E-state index contributed by atoms with van der Waals surface area (Å²) in [7, 11) is 3.86. The van der Waals surface area contributed by atoms with Gasteiger partial charge in [-0.1, -0.05) is 18.0 Å². The Labute approximate surface area is 170 Å². The van der Waals surface area contributed by atoms with Gasteiger partial charge in [0.05, 0.1) is 11.3 Å². The number of hydrogen-bond donors (Lipinski definition) is 1. The van der Waals surface area contributed by atoms with Gasteiger partial charge in [-0.15, -0.1) is 12.4 Å². The minimum Gasteiger partial charge on any atom is -0.481 e. The van der Waals surface area contributed by atoms with Crippen molar-refractivity contribution in [3.63, 3.8) is 0 Å². The molecule has 2 fully saturated rings. The van der Waals surface area contributed by atoms with Gasteiger partial charge in [-0.25, -0.2) is 0 Å². The second-order valence-corrected chi connectivity index (χ2v) is 8.03. The molecule has 2 saturated heterocycles. The van der Waals surface area contributed by atoms with Gasteiger partial charge >= 0.3 is 0 Å². The van der Waals surface area contributed by atoms with E-state index in [0.717, 1.165) is 12.8 Å². The van der Waals surface area contributed by atoms with Crippen LogP contribution in [-0.2, 0) is 4.79 Å². The van der Waals surface area contributed by atoms with Crippen molar-refractivity contribution in [1.82, 2.24) is 10.2 Å². The van der Waals surface area contributed by atoms with Crippen LogP contribution in [0.2, 0.25) is 5.02 Å². The number of carbonyl (C=O) groups excluding carboxylic acids is 2. The molecule has 3 heterocycles. The summed E-state index contributed by atoms with van der Waals surface area (Å²) in [5, 5.41) is 3.60. The summed E-state index contributed by atoms with van der Waals surface area (Å²) >= 11 is 6.20. The number of rotatable bonds is 2. The molecule has 2 bridgehead atoms. The highest BCUT2D eigenvalue weighted by atomic mass is 35.5. The van der Waals surface area contributed by atoms with Crippen LogP contribution in [0.3, 0.4) is 0 Å². The van der Waals surface area contributed by atoms with Crippen molar-refractivity contribution in [3.05, 3.63) is 22.7 Å². The average Bonchev–Trinajstić information content (AvgIpc) is 2.59. The highest BCUT2D eigenvalue weighted by molar-refractivity contribution is 6.31. The highest BCUT2D eigenvalue weighted by Gasteiger charge is 2.37.